The standard InChI is InChI=1S/C22H38O5/c1-2-3-4-5-6-9-12-18-19(21(25)16-20(18)24)15-14-17(23)11-8-7-10-13-22(26)27/h6,9,14-15,17-21,23-25H,2-5,7-8,10-13,16H2,1H3,(H,26,27)/b9-6-,15-14+/t17-,18-,19+,20-,21+/m0/s1. The molecular weight excluding hydrogens is 344 g/mol. The lowest BCUT2D eigenvalue weighted by molar-refractivity contribution is -0.137. The second-order valence-corrected chi connectivity index (χ2v) is 7.76. The van der Waals surface area contributed by atoms with Crippen LogP contribution in [-0.2, 0) is 4.79 Å². The predicted molar refractivity (Wildman–Crippen MR) is 107 cm³/mol. The lowest BCUT2D eigenvalue weighted by atomic mass is 9.89. The van der Waals surface area contributed by atoms with E-state index in [1.54, 1.807) is 6.08 Å². The van der Waals surface area contributed by atoms with Gasteiger partial charge in [-0.3, -0.25) is 4.79 Å². The van der Waals surface area contributed by atoms with Crippen LogP contribution in [0.1, 0.15) is 77.6 Å². The summed E-state index contributed by atoms with van der Waals surface area (Å²) >= 11 is 0. The number of hydrogen-bond donors (Lipinski definition) is 4. The van der Waals surface area contributed by atoms with E-state index >= 15 is 0 Å². The molecule has 27 heavy (non-hydrogen) atoms. The van der Waals surface area contributed by atoms with E-state index in [-0.39, 0.29) is 18.3 Å². The first-order valence-corrected chi connectivity index (χ1v) is 10.5. The molecule has 156 valence electrons. The van der Waals surface area contributed by atoms with Gasteiger partial charge in [-0.25, -0.2) is 0 Å². The van der Waals surface area contributed by atoms with E-state index in [1.165, 1.54) is 19.3 Å². The van der Waals surface area contributed by atoms with Crippen molar-refractivity contribution in [2.45, 2.75) is 95.9 Å². The third-order valence-corrected chi connectivity index (χ3v) is 5.41. The van der Waals surface area contributed by atoms with Crippen LogP contribution in [0.2, 0.25) is 0 Å². The number of hydrogen-bond acceptors (Lipinski definition) is 4. The van der Waals surface area contributed by atoms with Gasteiger partial charge in [0, 0.05) is 18.8 Å². The van der Waals surface area contributed by atoms with Gasteiger partial charge in [-0.1, -0.05) is 56.9 Å². The van der Waals surface area contributed by atoms with E-state index in [1.807, 2.05) is 6.08 Å². The fourth-order valence-corrected chi connectivity index (χ4v) is 3.75. The second-order valence-electron chi connectivity index (χ2n) is 7.76. The van der Waals surface area contributed by atoms with Gasteiger partial charge in [-0.05, 0) is 38.0 Å². The topological polar surface area (TPSA) is 98.0 Å². The van der Waals surface area contributed by atoms with Gasteiger partial charge in [-0.2, -0.15) is 0 Å². The fourth-order valence-electron chi connectivity index (χ4n) is 3.75. The van der Waals surface area contributed by atoms with Crippen LogP contribution in [0.25, 0.3) is 0 Å². The van der Waals surface area contributed by atoms with E-state index in [9.17, 15) is 20.1 Å². The average molecular weight is 383 g/mol. The maximum atomic E-state index is 10.5. The molecule has 0 radical (unpaired) electrons. The molecule has 1 fully saturated rings. The van der Waals surface area contributed by atoms with Gasteiger partial charge in [0.05, 0.1) is 18.3 Å². The highest BCUT2D eigenvalue weighted by Crippen LogP contribution is 2.36. The number of unbranched alkanes of at least 4 members (excludes halogenated alkanes) is 5. The van der Waals surface area contributed by atoms with Crippen LogP contribution in [0.3, 0.4) is 0 Å². The number of aliphatic hydroxyl groups excluding tert-OH is 3. The van der Waals surface area contributed by atoms with Crippen LogP contribution >= 0.6 is 0 Å². The van der Waals surface area contributed by atoms with E-state index in [0.717, 1.165) is 25.7 Å². The molecule has 1 aliphatic carbocycles. The average Bonchev–Trinajstić information content (AvgIpc) is 2.88. The molecule has 5 atom stereocenters. The molecule has 0 aromatic rings. The summed E-state index contributed by atoms with van der Waals surface area (Å²) < 4.78 is 0. The van der Waals surface area contributed by atoms with Crippen LogP contribution in [0.5, 0.6) is 0 Å². The summed E-state index contributed by atoms with van der Waals surface area (Å²) in [6.07, 6.45) is 14.9. The van der Waals surface area contributed by atoms with Gasteiger partial charge in [0.1, 0.15) is 0 Å². The summed E-state index contributed by atoms with van der Waals surface area (Å²) in [5.74, 6) is -0.932. The van der Waals surface area contributed by atoms with Crippen LogP contribution in [0.15, 0.2) is 24.3 Å². The molecule has 4 N–H and O–H groups in total. The van der Waals surface area contributed by atoms with E-state index in [0.29, 0.717) is 19.3 Å². The van der Waals surface area contributed by atoms with Crippen LogP contribution in [0, 0.1) is 11.8 Å². The molecule has 5 nitrogen and oxygen atoms in total. The molecule has 0 aromatic heterocycles. The lowest BCUT2D eigenvalue weighted by Crippen LogP contribution is -2.20. The van der Waals surface area contributed by atoms with E-state index in [4.69, 9.17) is 5.11 Å². The maximum absolute atomic E-state index is 10.5. The summed E-state index contributed by atoms with van der Waals surface area (Å²) in [7, 11) is 0. The molecule has 0 aromatic carbocycles. The van der Waals surface area contributed by atoms with Crippen molar-refractivity contribution in [3.8, 4) is 0 Å². The Morgan fingerprint density at radius 2 is 1.85 bits per heavy atom. The molecule has 1 saturated carbocycles. The van der Waals surface area contributed by atoms with Crippen molar-refractivity contribution < 1.29 is 25.2 Å². The Kier molecular flexibility index (Phi) is 12.3. The van der Waals surface area contributed by atoms with Gasteiger partial charge < -0.3 is 20.4 Å². The molecular formula is C22H38O5. The second kappa shape index (κ2) is 13.9. The fraction of sp³-hybridized carbons (Fsp3) is 0.773. The number of rotatable bonds is 14. The Bertz CT molecular complexity index is 460. The minimum absolute atomic E-state index is 0.0126. The van der Waals surface area contributed by atoms with Crippen molar-refractivity contribution in [3.63, 3.8) is 0 Å². The number of aliphatic hydroxyl groups is 3. The molecule has 1 rings (SSSR count). The quantitative estimate of drug-likeness (QED) is 0.270. The van der Waals surface area contributed by atoms with Crippen molar-refractivity contribution >= 4 is 5.97 Å². The van der Waals surface area contributed by atoms with Gasteiger partial charge >= 0.3 is 5.97 Å². The highest BCUT2D eigenvalue weighted by molar-refractivity contribution is 5.66. The van der Waals surface area contributed by atoms with Gasteiger partial charge in [0.25, 0.3) is 0 Å². The van der Waals surface area contributed by atoms with E-state index in [2.05, 4.69) is 19.1 Å². The van der Waals surface area contributed by atoms with Gasteiger partial charge in [0.15, 0.2) is 0 Å². The van der Waals surface area contributed by atoms with Gasteiger partial charge in [0.2, 0.25) is 0 Å². The van der Waals surface area contributed by atoms with Crippen molar-refractivity contribution in [3.05, 3.63) is 24.3 Å². The first kappa shape index (κ1) is 23.9. The first-order valence-electron chi connectivity index (χ1n) is 10.5. The molecule has 1 aliphatic rings. The van der Waals surface area contributed by atoms with Crippen LogP contribution in [-0.4, -0.2) is 44.7 Å². The molecule has 0 heterocycles. The normalized spacial score (nSPS) is 27.0. The summed E-state index contributed by atoms with van der Waals surface area (Å²) in [6.45, 7) is 2.18. The Hall–Kier alpha value is -1.17. The Labute approximate surface area is 163 Å². The smallest absolute Gasteiger partial charge is 0.303 e. The molecule has 0 unspecified atom stereocenters. The third-order valence-electron chi connectivity index (χ3n) is 5.41. The zero-order valence-electron chi connectivity index (χ0n) is 16.7. The summed E-state index contributed by atoms with van der Waals surface area (Å²) in [5, 5.41) is 39.2. The monoisotopic (exact) mass is 382 g/mol. The minimum atomic E-state index is -0.783. The van der Waals surface area contributed by atoms with Crippen LogP contribution in [0.4, 0.5) is 0 Å². The Morgan fingerprint density at radius 1 is 1.07 bits per heavy atom. The SMILES string of the molecule is CCCCC/C=C\C[C@H]1[C@@H](/C=C/[C@@H](O)CCCCCC(=O)O)[C@H](O)C[C@@H]1O. The highest BCUT2D eigenvalue weighted by Gasteiger charge is 2.39. The zero-order chi connectivity index (χ0) is 20.1. The molecule has 5 heteroatoms. The van der Waals surface area contributed by atoms with Crippen molar-refractivity contribution in [1.29, 1.82) is 0 Å². The maximum Gasteiger partial charge on any atom is 0.303 e. The number of carboxylic acids is 1. The lowest BCUT2D eigenvalue weighted by Gasteiger charge is -2.19. The van der Waals surface area contributed by atoms with Crippen molar-refractivity contribution in [1.82, 2.24) is 0 Å². The summed E-state index contributed by atoms with van der Waals surface area (Å²) in [5.41, 5.74) is 0. The Morgan fingerprint density at radius 3 is 2.56 bits per heavy atom. The molecule has 0 saturated heterocycles. The summed E-state index contributed by atoms with van der Waals surface area (Å²) in [4.78, 5) is 10.5. The first-order chi connectivity index (χ1) is 13.0. The van der Waals surface area contributed by atoms with Crippen molar-refractivity contribution in [2.75, 3.05) is 0 Å². The number of aliphatic carboxylic acids is 1. The Balaban J connectivity index is 2.39. The number of carbonyl (C=O) groups is 1. The molecule has 0 amide bonds. The largest absolute Gasteiger partial charge is 0.481 e. The van der Waals surface area contributed by atoms with Gasteiger partial charge in [-0.15, -0.1) is 0 Å². The molecule has 0 aliphatic heterocycles. The van der Waals surface area contributed by atoms with E-state index < -0.39 is 24.3 Å². The summed E-state index contributed by atoms with van der Waals surface area (Å²) in [6, 6.07) is 0. The number of carboxylic acid groups (broad SMARTS) is 1. The van der Waals surface area contributed by atoms with Crippen molar-refractivity contribution in [2.24, 2.45) is 11.8 Å². The third kappa shape index (κ3) is 10.1. The van der Waals surface area contributed by atoms with Crippen LogP contribution < -0.4 is 0 Å². The minimum Gasteiger partial charge on any atom is -0.481 e. The number of allylic oxidation sites excluding steroid dienone is 2. The highest BCUT2D eigenvalue weighted by atomic mass is 16.4. The zero-order valence-corrected chi connectivity index (χ0v) is 16.7. The molecule has 0 bridgehead atoms. The molecule has 0 spiro atoms. The predicted octanol–water partition coefficient (Wildman–Crippen LogP) is 3.82.